The summed E-state index contributed by atoms with van der Waals surface area (Å²) in [4.78, 5) is 0. The summed E-state index contributed by atoms with van der Waals surface area (Å²) in [7, 11) is 0. The number of benzene rings is 1. The summed E-state index contributed by atoms with van der Waals surface area (Å²) in [6.07, 6.45) is 3.65. The van der Waals surface area contributed by atoms with Crippen molar-refractivity contribution in [1.82, 2.24) is 14.8 Å². The molecule has 2 aromatic rings. The number of rotatable bonds is 2. The highest BCUT2D eigenvalue weighted by Gasteiger charge is 2.27. The number of hydrogen-bond acceptors (Lipinski definition) is 2. The molecule has 0 spiro atoms. The van der Waals surface area contributed by atoms with E-state index < -0.39 is 0 Å². The van der Waals surface area contributed by atoms with Crippen LogP contribution in [0, 0.1) is 16.6 Å². The predicted octanol–water partition coefficient (Wildman–Crippen LogP) is 4.60. The molecule has 1 aromatic carbocycles. The number of nitrogens with zero attached hydrogens (tertiary/aromatic N) is 2. The van der Waals surface area contributed by atoms with E-state index in [4.69, 9.17) is 12.2 Å². The maximum atomic E-state index is 5.47. The lowest BCUT2D eigenvalue weighted by atomic mass is 9.79. The summed E-state index contributed by atoms with van der Waals surface area (Å²) in [5, 5.41) is 7.43. The molecule has 20 heavy (non-hydrogen) atoms. The fourth-order valence-corrected chi connectivity index (χ4v) is 3.47. The highest BCUT2D eigenvalue weighted by Crippen LogP contribution is 2.37. The average Bonchev–Trinajstić information content (AvgIpc) is 2.85. The van der Waals surface area contributed by atoms with Crippen LogP contribution < -0.4 is 0 Å². The van der Waals surface area contributed by atoms with Gasteiger partial charge in [-0.15, -0.1) is 0 Å². The fourth-order valence-electron chi connectivity index (χ4n) is 3.19. The van der Waals surface area contributed by atoms with Crippen molar-refractivity contribution >= 4 is 12.2 Å². The van der Waals surface area contributed by atoms with Gasteiger partial charge >= 0.3 is 0 Å². The summed E-state index contributed by atoms with van der Waals surface area (Å²) < 4.78 is 2.98. The smallest absolute Gasteiger partial charge is 0.195 e. The van der Waals surface area contributed by atoms with Gasteiger partial charge in [-0.25, -0.2) is 0 Å². The maximum absolute atomic E-state index is 5.47. The number of nitrogens with one attached hydrogen (secondary N) is 1. The Morgan fingerprint density at radius 3 is 2.60 bits per heavy atom. The molecule has 0 aliphatic heterocycles. The maximum Gasteiger partial charge on any atom is 0.195 e. The third kappa shape index (κ3) is 2.44. The summed E-state index contributed by atoms with van der Waals surface area (Å²) >= 11 is 5.47. The molecular weight excluding hydrogens is 266 g/mol. The van der Waals surface area contributed by atoms with E-state index in [0.717, 1.165) is 28.0 Å². The van der Waals surface area contributed by atoms with Crippen molar-refractivity contribution in [3.05, 3.63) is 35.1 Å². The molecular formula is C16H21N3S. The zero-order valence-corrected chi connectivity index (χ0v) is 12.9. The third-order valence-electron chi connectivity index (χ3n) is 4.67. The molecule has 1 aromatic heterocycles. The molecule has 1 heterocycles. The van der Waals surface area contributed by atoms with E-state index in [-0.39, 0.29) is 0 Å². The van der Waals surface area contributed by atoms with Crippen LogP contribution >= 0.6 is 12.2 Å². The first-order valence-electron chi connectivity index (χ1n) is 7.39. The molecule has 3 unspecified atom stereocenters. The summed E-state index contributed by atoms with van der Waals surface area (Å²) in [5.74, 6) is 2.53. The highest BCUT2D eigenvalue weighted by atomic mass is 32.1. The van der Waals surface area contributed by atoms with Crippen molar-refractivity contribution < 1.29 is 0 Å². The summed E-state index contributed by atoms with van der Waals surface area (Å²) in [6.45, 7) is 4.70. The lowest BCUT2D eigenvalue weighted by Crippen LogP contribution is -2.24. The second-order valence-electron chi connectivity index (χ2n) is 6.01. The van der Waals surface area contributed by atoms with Gasteiger partial charge in [0.05, 0.1) is 0 Å². The van der Waals surface area contributed by atoms with Gasteiger partial charge in [0.15, 0.2) is 10.6 Å². The van der Waals surface area contributed by atoms with Crippen molar-refractivity contribution in [3.63, 3.8) is 0 Å². The predicted molar refractivity (Wildman–Crippen MR) is 84.1 cm³/mol. The van der Waals surface area contributed by atoms with Crippen molar-refractivity contribution in [1.29, 1.82) is 0 Å². The zero-order chi connectivity index (χ0) is 14.1. The monoisotopic (exact) mass is 287 g/mol. The normalized spacial score (nSPS) is 26.6. The third-order valence-corrected chi connectivity index (χ3v) is 4.96. The number of aromatic nitrogens is 3. The van der Waals surface area contributed by atoms with Gasteiger partial charge in [0.2, 0.25) is 0 Å². The van der Waals surface area contributed by atoms with Crippen LogP contribution in [0.5, 0.6) is 0 Å². The van der Waals surface area contributed by atoms with E-state index >= 15 is 0 Å². The van der Waals surface area contributed by atoms with Crippen molar-refractivity contribution in [2.45, 2.75) is 39.2 Å². The molecule has 106 valence electrons. The van der Waals surface area contributed by atoms with Gasteiger partial charge in [-0.05, 0) is 43.3 Å². The Labute approximate surface area is 125 Å². The Hall–Kier alpha value is -1.42. The SMILES string of the molecule is CC1CCC(n2c(-c3ccccc3)n[nH]c2=S)CC1C. The van der Waals surface area contributed by atoms with Gasteiger partial charge in [0.1, 0.15) is 0 Å². The highest BCUT2D eigenvalue weighted by molar-refractivity contribution is 7.71. The standard InChI is InChI=1S/C16H21N3S/c1-11-8-9-14(10-12(11)2)19-15(17-18-16(19)20)13-6-4-3-5-7-13/h3-7,11-12,14H,8-10H2,1-2H3,(H,18,20). The Bertz CT molecular complexity index is 629. The van der Waals surface area contributed by atoms with Crippen LogP contribution in [0.1, 0.15) is 39.2 Å². The fraction of sp³-hybridized carbons (Fsp3) is 0.500. The minimum absolute atomic E-state index is 0.475. The Morgan fingerprint density at radius 1 is 1.15 bits per heavy atom. The van der Waals surface area contributed by atoms with E-state index in [1.807, 2.05) is 18.2 Å². The van der Waals surface area contributed by atoms with Crippen molar-refractivity contribution in [2.24, 2.45) is 11.8 Å². The first-order chi connectivity index (χ1) is 9.66. The Morgan fingerprint density at radius 2 is 1.90 bits per heavy atom. The molecule has 0 saturated heterocycles. The van der Waals surface area contributed by atoms with Gasteiger partial charge < -0.3 is 0 Å². The molecule has 4 heteroatoms. The van der Waals surface area contributed by atoms with Crippen LogP contribution in [-0.2, 0) is 0 Å². The first-order valence-corrected chi connectivity index (χ1v) is 7.80. The molecule has 0 amide bonds. The van der Waals surface area contributed by atoms with E-state index in [0.29, 0.717) is 6.04 Å². The average molecular weight is 287 g/mol. The minimum Gasteiger partial charge on any atom is -0.297 e. The van der Waals surface area contributed by atoms with Gasteiger partial charge in [-0.3, -0.25) is 9.67 Å². The topological polar surface area (TPSA) is 33.6 Å². The van der Waals surface area contributed by atoms with Crippen LogP contribution in [0.3, 0.4) is 0 Å². The van der Waals surface area contributed by atoms with Crippen LogP contribution in [0.2, 0.25) is 0 Å². The molecule has 0 radical (unpaired) electrons. The van der Waals surface area contributed by atoms with Crippen molar-refractivity contribution in [2.75, 3.05) is 0 Å². The number of H-pyrrole nitrogens is 1. The van der Waals surface area contributed by atoms with Crippen LogP contribution in [0.25, 0.3) is 11.4 Å². The minimum atomic E-state index is 0.475. The second-order valence-corrected chi connectivity index (χ2v) is 6.40. The largest absolute Gasteiger partial charge is 0.297 e. The van der Waals surface area contributed by atoms with Gasteiger partial charge in [0, 0.05) is 11.6 Å². The van der Waals surface area contributed by atoms with Gasteiger partial charge in [-0.1, -0.05) is 44.2 Å². The molecule has 3 nitrogen and oxygen atoms in total. The quantitative estimate of drug-likeness (QED) is 0.819. The molecule has 3 atom stereocenters. The lowest BCUT2D eigenvalue weighted by Gasteiger charge is -2.33. The summed E-state index contributed by atoms with van der Waals surface area (Å²) in [6, 6.07) is 10.8. The molecule has 1 N–H and O–H groups in total. The number of aromatic amines is 1. The zero-order valence-electron chi connectivity index (χ0n) is 12.0. The number of hydrogen-bond donors (Lipinski definition) is 1. The first kappa shape index (κ1) is 13.6. The van der Waals surface area contributed by atoms with Crippen LogP contribution in [-0.4, -0.2) is 14.8 Å². The van der Waals surface area contributed by atoms with Crippen LogP contribution in [0.15, 0.2) is 30.3 Å². The molecule has 0 bridgehead atoms. The molecule has 1 fully saturated rings. The Kier molecular flexibility index (Phi) is 3.74. The molecule has 3 rings (SSSR count). The van der Waals surface area contributed by atoms with E-state index in [1.54, 1.807) is 0 Å². The molecule has 1 aliphatic rings. The molecule has 1 saturated carbocycles. The van der Waals surface area contributed by atoms with E-state index in [9.17, 15) is 0 Å². The summed E-state index contributed by atoms with van der Waals surface area (Å²) in [5.41, 5.74) is 1.13. The van der Waals surface area contributed by atoms with Gasteiger partial charge in [0.25, 0.3) is 0 Å². The van der Waals surface area contributed by atoms with E-state index in [2.05, 4.69) is 40.7 Å². The van der Waals surface area contributed by atoms with E-state index in [1.165, 1.54) is 19.3 Å². The van der Waals surface area contributed by atoms with Crippen molar-refractivity contribution in [3.8, 4) is 11.4 Å². The lowest BCUT2D eigenvalue weighted by molar-refractivity contribution is 0.210. The second kappa shape index (κ2) is 5.52. The van der Waals surface area contributed by atoms with Gasteiger partial charge in [-0.2, -0.15) is 5.10 Å². The van der Waals surface area contributed by atoms with Crippen LogP contribution in [0.4, 0.5) is 0 Å². The Balaban J connectivity index is 1.98. The molecule has 1 aliphatic carbocycles.